The molecule has 1 aliphatic rings. The predicted molar refractivity (Wildman–Crippen MR) is 113 cm³/mol. The normalized spacial score (nSPS) is 15.6. The van der Waals surface area contributed by atoms with Crippen molar-refractivity contribution in [1.82, 2.24) is 9.80 Å². The number of aliphatic hydroxyl groups is 1. The molecule has 0 unspecified atom stereocenters. The Balaban J connectivity index is 1.39. The first-order valence-electron chi connectivity index (χ1n) is 10.3. The van der Waals surface area contributed by atoms with Gasteiger partial charge in [0.15, 0.2) is 0 Å². The Morgan fingerprint density at radius 3 is 2.54 bits per heavy atom. The van der Waals surface area contributed by atoms with Gasteiger partial charge in [-0.1, -0.05) is 24.0 Å². The van der Waals surface area contributed by atoms with Gasteiger partial charge in [0.2, 0.25) is 0 Å². The van der Waals surface area contributed by atoms with Gasteiger partial charge < -0.3 is 14.4 Å². The first kappa shape index (κ1) is 20.7. The number of nitrogens with zero attached hydrogens (tertiary/aromatic N) is 2. The Labute approximate surface area is 169 Å². The second kappa shape index (κ2) is 10.5. The molecule has 150 valence electrons. The van der Waals surface area contributed by atoms with E-state index < -0.39 is 0 Å². The van der Waals surface area contributed by atoms with Crippen LogP contribution in [0.3, 0.4) is 0 Å². The van der Waals surface area contributed by atoms with Crippen LogP contribution in [0.15, 0.2) is 40.8 Å². The van der Waals surface area contributed by atoms with Gasteiger partial charge >= 0.3 is 0 Å². The third kappa shape index (κ3) is 6.53. The summed E-state index contributed by atoms with van der Waals surface area (Å²) < 4.78 is 5.71. The molecule has 0 bridgehead atoms. The van der Waals surface area contributed by atoms with Gasteiger partial charge in [0, 0.05) is 25.1 Å². The average Bonchev–Trinajstić information content (AvgIpc) is 3.10. The maximum Gasteiger partial charge on any atom is 0.118 e. The number of aliphatic hydroxyl groups excluding tert-OH is 1. The van der Waals surface area contributed by atoms with E-state index in [1.54, 1.807) is 0 Å². The molecule has 0 spiro atoms. The fourth-order valence-corrected chi connectivity index (χ4v) is 3.85. The summed E-state index contributed by atoms with van der Waals surface area (Å²) in [6.45, 7) is 7.48. The summed E-state index contributed by atoms with van der Waals surface area (Å²) in [6.07, 6.45) is 3.04. The van der Waals surface area contributed by atoms with E-state index in [-0.39, 0.29) is 6.61 Å². The largest absolute Gasteiger partial charge is 0.465 e. The highest BCUT2D eigenvalue weighted by molar-refractivity contribution is 5.36. The molecule has 0 radical (unpaired) electrons. The number of hydrogen-bond donors (Lipinski definition) is 1. The summed E-state index contributed by atoms with van der Waals surface area (Å²) >= 11 is 0. The summed E-state index contributed by atoms with van der Waals surface area (Å²) in [5.74, 6) is 8.89. The van der Waals surface area contributed by atoms with Gasteiger partial charge in [0.25, 0.3) is 0 Å². The molecule has 28 heavy (non-hydrogen) atoms. The molecule has 4 nitrogen and oxygen atoms in total. The van der Waals surface area contributed by atoms with Crippen LogP contribution in [0.25, 0.3) is 0 Å². The van der Waals surface area contributed by atoms with Crippen molar-refractivity contribution in [3.63, 3.8) is 0 Å². The number of likely N-dealkylation sites (tertiary alicyclic amines) is 1. The highest BCUT2D eigenvalue weighted by atomic mass is 16.3. The van der Waals surface area contributed by atoms with Crippen LogP contribution < -0.4 is 0 Å². The quantitative estimate of drug-likeness (QED) is 0.744. The minimum Gasteiger partial charge on any atom is -0.465 e. The summed E-state index contributed by atoms with van der Waals surface area (Å²) in [5.41, 5.74) is 2.33. The maximum atomic E-state index is 8.79. The van der Waals surface area contributed by atoms with E-state index in [1.807, 2.05) is 13.0 Å². The molecule has 0 aliphatic carbocycles. The van der Waals surface area contributed by atoms with E-state index in [0.717, 1.165) is 55.7 Å². The number of rotatable bonds is 7. The monoisotopic (exact) mass is 380 g/mol. The number of hydrogen-bond acceptors (Lipinski definition) is 4. The van der Waals surface area contributed by atoms with Crippen molar-refractivity contribution < 1.29 is 9.52 Å². The maximum absolute atomic E-state index is 8.79. The molecule has 0 saturated carbocycles. The molecular formula is C24H32N2O2. The van der Waals surface area contributed by atoms with Gasteiger partial charge in [-0.2, -0.15) is 0 Å². The molecule has 1 aromatic carbocycles. The first-order chi connectivity index (χ1) is 13.6. The minimum atomic E-state index is 0.122. The third-order valence-electron chi connectivity index (χ3n) is 5.33. The van der Waals surface area contributed by atoms with Gasteiger partial charge in [-0.25, -0.2) is 0 Å². The van der Waals surface area contributed by atoms with Crippen LogP contribution in [-0.2, 0) is 13.1 Å². The van der Waals surface area contributed by atoms with E-state index in [1.165, 1.54) is 18.4 Å². The van der Waals surface area contributed by atoms with E-state index in [2.05, 4.69) is 59.0 Å². The van der Waals surface area contributed by atoms with Crippen molar-refractivity contribution in [1.29, 1.82) is 0 Å². The molecule has 4 heteroatoms. The van der Waals surface area contributed by atoms with Crippen molar-refractivity contribution in [2.75, 3.05) is 33.3 Å². The van der Waals surface area contributed by atoms with Crippen LogP contribution >= 0.6 is 0 Å². The highest BCUT2D eigenvalue weighted by Crippen LogP contribution is 2.21. The molecule has 0 atom stereocenters. The molecule has 1 aliphatic heterocycles. The summed E-state index contributed by atoms with van der Waals surface area (Å²) in [6, 6.07) is 12.6. The van der Waals surface area contributed by atoms with Crippen molar-refractivity contribution in [3.8, 4) is 11.8 Å². The zero-order valence-corrected chi connectivity index (χ0v) is 17.2. The Bertz CT molecular complexity index is 777. The lowest BCUT2D eigenvalue weighted by Gasteiger charge is -2.33. The van der Waals surface area contributed by atoms with Gasteiger partial charge in [-0.05, 0) is 75.6 Å². The van der Waals surface area contributed by atoms with E-state index >= 15 is 0 Å². The molecule has 1 aromatic heterocycles. The predicted octanol–water partition coefficient (Wildman–Crippen LogP) is 3.67. The second-order valence-corrected chi connectivity index (χ2v) is 7.90. The smallest absolute Gasteiger partial charge is 0.118 e. The summed E-state index contributed by atoms with van der Waals surface area (Å²) in [5, 5.41) is 8.79. The minimum absolute atomic E-state index is 0.122. The zero-order valence-electron chi connectivity index (χ0n) is 17.2. The van der Waals surface area contributed by atoms with Crippen molar-refractivity contribution in [2.45, 2.75) is 39.3 Å². The molecular weight excluding hydrogens is 348 g/mol. The SMILES string of the molecule is Cc1ccc(CN2CCC(CN(C)Cc3ccc(C#CCCO)cc3)CC2)o1. The molecule has 2 heterocycles. The third-order valence-corrected chi connectivity index (χ3v) is 5.33. The van der Waals surface area contributed by atoms with Crippen LogP contribution in [0.5, 0.6) is 0 Å². The number of piperidine rings is 1. The summed E-state index contributed by atoms with van der Waals surface area (Å²) in [7, 11) is 2.22. The Kier molecular flexibility index (Phi) is 7.73. The number of furan rings is 1. The number of aryl methyl sites for hydroxylation is 1. The van der Waals surface area contributed by atoms with Crippen LogP contribution in [0.4, 0.5) is 0 Å². The Hall–Kier alpha value is -2.06. The van der Waals surface area contributed by atoms with Crippen molar-refractivity contribution in [3.05, 3.63) is 59.0 Å². The van der Waals surface area contributed by atoms with Gasteiger partial charge in [0.1, 0.15) is 11.5 Å². The standard InChI is InChI=1S/C24H32N2O2/c1-20-6-11-24(28-20)19-26-14-12-23(13-15-26)18-25(2)17-22-9-7-21(8-10-22)5-3-4-16-27/h6-11,23,27H,4,12-19H2,1-2H3. The van der Waals surface area contributed by atoms with Crippen molar-refractivity contribution in [2.24, 2.45) is 5.92 Å². The van der Waals surface area contributed by atoms with Gasteiger partial charge in [-0.15, -0.1) is 0 Å². The zero-order chi connectivity index (χ0) is 19.8. The Morgan fingerprint density at radius 1 is 1.14 bits per heavy atom. The molecule has 3 rings (SSSR count). The van der Waals surface area contributed by atoms with E-state index in [9.17, 15) is 0 Å². The molecule has 1 fully saturated rings. The van der Waals surface area contributed by atoms with Crippen LogP contribution in [-0.4, -0.2) is 48.2 Å². The van der Waals surface area contributed by atoms with E-state index in [0.29, 0.717) is 6.42 Å². The Morgan fingerprint density at radius 2 is 1.89 bits per heavy atom. The summed E-state index contributed by atoms with van der Waals surface area (Å²) in [4.78, 5) is 4.94. The lowest BCUT2D eigenvalue weighted by molar-refractivity contribution is 0.140. The van der Waals surface area contributed by atoms with Crippen LogP contribution in [0, 0.1) is 24.7 Å². The molecule has 1 saturated heterocycles. The lowest BCUT2D eigenvalue weighted by atomic mass is 9.96. The topological polar surface area (TPSA) is 39.9 Å². The molecule has 0 amide bonds. The fraction of sp³-hybridized carbons (Fsp3) is 0.500. The van der Waals surface area contributed by atoms with Gasteiger partial charge in [0.05, 0.1) is 13.2 Å². The number of benzene rings is 1. The van der Waals surface area contributed by atoms with Gasteiger partial charge in [-0.3, -0.25) is 4.90 Å². The molecule has 2 aromatic rings. The van der Waals surface area contributed by atoms with Crippen molar-refractivity contribution >= 4 is 0 Å². The first-order valence-corrected chi connectivity index (χ1v) is 10.3. The molecule has 1 N–H and O–H groups in total. The second-order valence-electron chi connectivity index (χ2n) is 7.90. The van der Waals surface area contributed by atoms with Crippen LogP contribution in [0.1, 0.15) is 41.9 Å². The lowest BCUT2D eigenvalue weighted by Crippen LogP contribution is -2.37. The highest BCUT2D eigenvalue weighted by Gasteiger charge is 2.21. The van der Waals surface area contributed by atoms with Crippen LogP contribution in [0.2, 0.25) is 0 Å². The van der Waals surface area contributed by atoms with E-state index in [4.69, 9.17) is 9.52 Å². The average molecular weight is 381 g/mol. The fourth-order valence-electron chi connectivity index (χ4n) is 3.85.